The number of benzene rings is 1. The molecule has 1 aromatic carbocycles. The first kappa shape index (κ1) is 22.9. The van der Waals surface area contributed by atoms with Gasteiger partial charge in [0.2, 0.25) is 0 Å². The zero-order chi connectivity index (χ0) is 22.3. The van der Waals surface area contributed by atoms with Crippen LogP contribution in [0.25, 0.3) is 11.3 Å². The fraction of sp³-hybridized carbons (Fsp3) is 0.556. The number of hydrogen-bond acceptors (Lipinski definition) is 4. The lowest BCUT2D eigenvalue weighted by atomic mass is 10.0. The van der Waals surface area contributed by atoms with Crippen LogP contribution in [0.5, 0.6) is 0 Å². The molecule has 5 nitrogen and oxygen atoms in total. The Morgan fingerprint density at radius 1 is 1.09 bits per heavy atom. The Hall–Kier alpha value is -2.24. The standard InChI is InChI=1S/C27H38N4O/c1-3-21(2)19-29-27(32)24-10-13-28-26(18-24)23-8-6-22(7-9-23)20-30-16-11-25(12-17-30)31-14-4-5-15-31/h6-10,13,18,21,25H,3-5,11-12,14-17,19-20H2,1-2H3,(H,29,32)/t21-/m0/s1. The number of nitrogens with one attached hydrogen (secondary N) is 1. The summed E-state index contributed by atoms with van der Waals surface area (Å²) in [5.74, 6) is 0.460. The molecule has 0 unspecified atom stereocenters. The summed E-state index contributed by atoms with van der Waals surface area (Å²) in [6.45, 7) is 11.0. The molecule has 5 heteroatoms. The lowest BCUT2D eigenvalue weighted by Crippen LogP contribution is -2.43. The zero-order valence-corrected chi connectivity index (χ0v) is 19.7. The molecule has 2 saturated heterocycles. The highest BCUT2D eigenvalue weighted by Crippen LogP contribution is 2.23. The molecular weight excluding hydrogens is 396 g/mol. The van der Waals surface area contributed by atoms with Gasteiger partial charge in [-0.05, 0) is 75.5 Å². The molecule has 2 aliphatic heterocycles. The van der Waals surface area contributed by atoms with Crippen LogP contribution in [0.15, 0.2) is 42.6 Å². The van der Waals surface area contributed by atoms with Crippen molar-refractivity contribution in [2.24, 2.45) is 5.92 Å². The lowest BCUT2D eigenvalue weighted by molar-refractivity contribution is 0.0947. The highest BCUT2D eigenvalue weighted by atomic mass is 16.1. The quantitative estimate of drug-likeness (QED) is 0.660. The van der Waals surface area contributed by atoms with Gasteiger partial charge in [-0.2, -0.15) is 0 Å². The molecule has 2 aliphatic rings. The molecule has 32 heavy (non-hydrogen) atoms. The first-order chi connectivity index (χ1) is 15.6. The molecule has 1 N–H and O–H groups in total. The maximum Gasteiger partial charge on any atom is 0.251 e. The molecule has 1 atom stereocenters. The normalized spacial score (nSPS) is 19.2. The second-order valence-electron chi connectivity index (χ2n) is 9.60. The highest BCUT2D eigenvalue weighted by Gasteiger charge is 2.26. The van der Waals surface area contributed by atoms with Gasteiger partial charge in [0.15, 0.2) is 0 Å². The number of aromatic nitrogens is 1. The van der Waals surface area contributed by atoms with E-state index in [-0.39, 0.29) is 5.91 Å². The van der Waals surface area contributed by atoms with E-state index >= 15 is 0 Å². The molecule has 1 aromatic heterocycles. The zero-order valence-electron chi connectivity index (χ0n) is 19.7. The maximum atomic E-state index is 12.5. The molecule has 172 valence electrons. The Balaban J connectivity index is 1.31. The van der Waals surface area contributed by atoms with Crippen LogP contribution in [0.1, 0.15) is 61.9 Å². The summed E-state index contributed by atoms with van der Waals surface area (Å²) < 4.78 is 0. The van der Waals surface area contributed by atoms with Crippen LogP contribution in [0.4, 0.5) is 0 Å². The van der Waals surface area contributed by atoms with Gasteiger partial charge in [0.05, 0.1) is 5.69 Å². The molecule has 0 saturated carbocycles. The number of nitrogens with zero attached hydrogens (tertiary/aromatic N) is 3. The lowest BCUT2D eigenvalue weighted by Gasteiger charge is -2.36. The van der Waals surface area contributed by atoms with E-state index in [1.807, 2.05) is 6.07 Å². The summed E-state index contributed by atoms with van der Waals surface area (Å²) in [6, 6.07) is 13.2. The van der Waals surface area contributed by atoms with Gasteiger partial charge in [-0.1, -0.05) is 44.5 Å². The molecule has 0 bridgehead atoms. The van der Waals surface area contributed by atoms with Crippen molar-refractivity contribution in [3.8, 4) is 11.3 Å². The molecule has 4 rings (SSSR count). The van der Waals surface area contributed by atoms with Crippen LogP contribution in [0.3, 0.4) is 0 Å². The smallest absolute Gasteiger partial charge is 0.251 e. The van der Waals surface area contributed by atoms with Crippen molar-refractivity contribution in [1.29, 1.82) is 0 Å². The largest absolute Gasteiger partial charge is 0.352 e. The number of amides is 1. The fourth-order valence-corrected chi connectivity index (χ4v) is 4.83. The molecule has 2 fully saturated rings. The fourth-order valence-electron chi connectivity index (χ4n) is 4.83. The molecule has 1 amide bonds. The minimum atomic E-state index is -0.0251. The van der Waals surface area contributed by atoms with E-state index in [2.05, 4.69) is 58.2 Å². The van der Waals surface area contributed by atoms with E-state index in [9.17, 15) is 4.79 Å². The van der Waals surface area contributed by atoms with Gasteiger partial charge in [-0.3, -0.25) is 14.7 Å². The van der Waals surface area contributed by atoms with Crippen molar-refractivity contribution >= 4 is 5.91 Å². The van der Waals surface area contributed by atoms with Gasteiger partial charge >= 0.3 is 0 Å². The monoisotopic (exact) mass is 434 g/mol. The van der Waals surface area contributed by atoms with Crippen molar-refractivity contribution in [1.82, 2.24) is 20.1 Å². The van der Waals surface area contributed by atoms with Gasteiger partial charge in [-0.15, -0.1) is 0 Å². The summed E-state index contributed by atoms with van der Waals surface area (Å²) in [6.07, 6.45) is 8.15. The molecule has 0 spiro atoms. The first-order valence-corrected chi connectivity index (χ1v) is 12.4. The van der Waals surface area contributed by atoms with E-state index < -0.39 is 0 Å². The summed E-state index contributed by atoms with van der Waals surface area (Å²) in [5.41, 5.74) is 3.91. The Bertz CT molecular complexity index is 867. The predicted octanol–water partition coefficient (Wildman–Crippen LogP) is 4.58. The molecule has 3 heterocycles. The third-order valence-electron chi connectivity index (χ3n) is 7.20. The van der Waals surface area contributed by atoms with Crippen LogP contribution < -0.4 is 5.32 Å². The summed E-state index contributed by atoms with van der Waals surface area (Å²) in [7, 11) is 0. The van der Waals surface area contributed by atoms with Gasteiger partial charge in [0.1, 0.15) is 0 Å². The average Bonchev–Trinajstić information content (AvgIpc) is 3.38. The number of hydrogen-bond donors (Lipinski definition) is 1. The van der Waals surface area contributed by atoms with E-state index in [0.29, 0.717) is 18.0 Å². The Morgan fingerprint density at radius 2 is 1.81 bits per heavy atom. The van der Waals surface area contributed by atoms with Gasteiger partial charge in [-0.25, -0.2) is 0 Å². The first-order valence-electron chi connectivity index (χ1n) is 12.4. The van der Waals surface area contributed by atoms with Crippen molar-refractivity contribution < 1.29 is 4.79 Å². The summed E-state index contributed by atoms with van der Waals surface area (Å²) in [4.78, 5) is 22.3. The topological polar surface area (TPSA) is 48.5 Å². The van der Waals surface area contributed by atoms with E-state index in [0.717, 1.165) is 30.3 Å². The second kappa shape index (κ2) is 11.1. The third-order valence-corrected chi connectivity index (χ3v) is 7.20. The van der Waals surface area contributed by atoms with E-state index in [1.165, 1.54) is 57.4 Å². The van der Waals surface area contributed by atoms with Crippen molar-refractivity contribution in [3.63, 3.8) is 0 Å². The molecule has 0 aliphatic carbocycles. The number of pyridine rings is 1. The molecular formula is C27H38N4O. The maximum absolute atomic E-state index is 12.5. The predicted molar refractivity (Wildman–Crippen MR) is 131 cm³/mol. The number of carbonyl (C=O) groups is 1. The van der Waals surface area contributed by atoms with Crippen LogP contribution in [-0.4, -0.2) is 59.5 Å². The summed E-state index contributed by atoms with van der Waals surface area (Å²) >= 11 is 0. The minimum absolute atomic E-state index is 0.0251. The Labute approximate surface area is 193 Å². The number of carbonyl (C=O) groups excluding carboxylic acids is 1. The van der Waals surface area contributed by atoms with Crippen molar-refractivity contribution in [2.45, 2.75) is 58.5 Å². The third kappa shape index (κ3) is 5.96. The van der Waals surface area contributed by atoms with Crippen molar-refractivity contribution in [2.75, 3.05) is 32.7 Å². The average molecular weight is 435 g/mol. The van der Waals surface area contributed by atoms with Crippen LogP contribution in [0, 0.1) is 5.92 Å². The van der Waals surface area contributed by atoms with Gasteiger partial charge in [0, 0.05) is 36.5 Å². The van der Waals surface area contributed by atoms with E-state index in [1.54, 1.807) is 12.3 Å². The number of likely N-dealkylation sites (tertiary alicyclic amines) is 2. The van der Waals surface area contributed by atoms with Gasteiger partial charge in [0.25, 0.3) is 5.91 Å². The minimum Gasteiger partial charge on any atom is -0.352 e. The Kier molecular flexibility index (Phi) is 7.93. The van der Waals surface area contributed by atoms with Crippen LogP contribution in [-0.2, 0) is 6.54 Å². The van der Waals surface area contributed by atoms with Crippen LogP contribution >= 0.6 is 0 Å². The van der Waals surface area contributed by atoms with Crippen LogP contribution in [0.2, 0.25) is 0 Å². The molecule has 0 radical (unpaired) electrons. The SMILES string of the molecule is CC[C@H](C)CNC(=O)c1ccnc(-c2ccc(CN3CCC(N4CCCC4)CC3)cc2)c1. The highest BCUT2D eigenvalue weighted by molar-refractivity contribution is 5.95. The summed E-state index contributed by atoms with van der Waals surface area (Å²) in [5, 5.41) is 3.03. The van der Waals surface area contributed by atoms with E-state index in [4.69, 9.17) is 0 Å². The second-order valence-corrected chi connectivity index (χ2v) is 9.60. The number of rotatable bonds is 8. The van der Waals surface area contributed by atoms with Gasteiger partial charge < -0.3 is 10.2 Å². The molecule has 2 aromatic rings. The number of piperidine rings is 1. The van der Waals surface area contributed by atoms with Crippen molar-refractivity contribution in [3.05, 3.63) is 53.7 Å². The Morgan fingerprint density at radius 3 is 2.50 bits per heavy atom.